The predicted octanol–water partition coefficient (Wildman–Crippen LogP) is 4.36. The number of halogens is 2. The zero-order chi connectivity index (χ0) is 17.7. The molecule has 2 aromatic rings. The summed E-state index contributed by atoms with van der Waals surface area (Å²) in [5, 5.41) is 9.80. The maximum absolute atomic E-state index is 12.3. The van der Waals surface area contributed by atoms with Gasteiger partial charge in [-0.15, -0.1) is 5.10 Å². The molecule has 0 saturated carbocycles. The smallest absolute Gasteiger partial charge is 0.288 e. The zero-order valence-corrected chi connectivity index (χ0v) is 15.0. The van der Waals surface area contributed by atoms with Crippen LogP contribution in [0.15, 0.2) is 34.3 Å². The van der Waals surface area contributed by atoms with Crippen molar-refractivity contribution in [2.75, 3.05) is 5.32 Å². The molecule has 0 bridgehead atoms. The number of rotatable bonds is 7. The lowest BCUT2D eigenvalue weighted by atomic mass is 10.2. The normalized spacial score (nSPS) is 12.6. The topological polar surface area (TPSA) is 70.7 Å². The molecule has 2 rings (SSSR count). The largest absolute Gasteiger partial charge is 0.325 e. The molecule has 0 fully saturated rings. The molecule has 0 aliphatic heterocycles. The molecule has 0 saturated heterocycles. The van der Waals surface area contributed by atoms with Gasteiger partial charge in [0, 0.05) is 16.5 Å². The second kappa shape index (κ2) is 8.48. The first-order valence-corrected chi connectivity index (χ1v) is 9.05. The van der Waals surface area contributed by atoms with Gasteiger partial charge in [0.05, 0.1) is 5.25 Å². The molecule has 5 nitrogen and oxygen atoms in total. The third-order valence-corrected chi connectivity index (χ3v) is 4.71. The second-order valence-electron chi connectivity index (χ2n) is 5.31. The summed E-state index contributed by atoms with van der Waals surface area (Å²) < 4.78 is 24.5. The number of anilines is 1. The average Bonchev–Trinajstić information content (AvgIpc) is 2.97. The molecule has 1 unspecified atom stereocenters. The molecule has 1 aromatic heterocycles. The highest BCUT2D eigenvalue weighted by molar-refractivity contribution is 8.00. The maximum atomic E-state index is 12.3. The van der Waals surface area contributed by atoms with Crippen LogP contribution in [0.3, 0.4) is 0 Å². The van der Waals surface area contributed by atoms with Gasteiger partial charge in [-0.1, -0.05) is 37.4 Å². The van der Waals surface area contributed by atoms with Crippen LogP contribution >= 0.6 is 23.5 Å². The molecule has 1 atom stereocenters. The van der Waals surface area contributed by atoms with E-state index >= 15 is 0 Å². The molecule has 0 spiro atoms. The molecule has 24 heavy (non-hydrogen) atoms. The lowest BCUT2D eigenvalue weighted by Crippen LogP contribution is -2.22. The van der Waals surface area contributed by atoms with Gasteiger partial charge in [-0.25, -0.2) is 4.98 Å². The molecule has 1 heterocycles. The first-order valence-electron chi connectivity index (χ1n) is 7.30. The van der Waals surface area contributed by atoms with Gasteiger partial charge in [-0.05, 0) is 31.2 Å². The standard InChI is InChI=1S/C15H18F2N4OS2/c1-8(2)12-19-15(21-20-12)23-9(3)13(22)18-10-4-6-11(7-5-10)24-14(16)17/h4-9,14H,1-3H3,(H,18,22)(H,19,20,21). The summed E-state index contributed by atoms with van der Waals surface area (Å²) in [6.45, 7) is 5.76. The minimum absolute atomic E-state index is 0.204. The summed E-state index contributed by atoms with van der Waals surface area (Å²) in [5.41, 5.74) is 0.559. The number of amides is 1. The molecule has 1 amide bonds. The van der Waals surface area contributed by atoms with E-state index in [1.165, 1.54) is 11.8 Å². The highest BCUT2D eigenvalue weighted by Gasteiger charge is 2.18. The Morgan fingerprint density at radius 2 is 1.83 bits per heavy atom. The summed E-state index contributed by atoms with van der Waals surface area (Å²) >= 11 is 1.72. The van der Waals surface area contributed by atoms with Crippen LogP contribution in [-0.4, -0.2) is 32.1 Å². The number of hydrogen-bond acceptors (Lipinski definition) is 5. The third-order valence-electron chi connectivity index (χ3n) is 3.03. The fraction of sp³-hybridized carbons (Fsp3) is 0.400. The van der Waals surface area contributed by atoms with E-state index < -0.39 is 11.0 Å². The highest BCUT2D eigenvalue weighted by atomic mass is 32.2. The van der Waals surface area contributed by atoms with Gasteiger partial charge in [0.1, 0.15) is 5.82 Å². The minimum atomic E-state index is -2.46. The predicted molar refractivity (Wildman–Crippen MR) is 92.7 cm³/mol. The van der Waals surface area contributed by atoms with Crippen molar-refractivity contribution < 1.29 is 13.6 Å². The lowest BCUT2D eigenvalue weighted by Gasteiger charge is -2.10. The molecule has 1 aromatic carbocycles. The van der Waals surface area contributed by atoms with Crippen LogP contribution < -0.4 is 5.32 Å². The van der Waals surface area contributed by atoms with E-state index in [2.05, 4.69) is 20.5 Å². The van der Waals surface area contributed by atoms with Gasteiger partial charge in [-0.2, -0.15) is 8.78 Å². The van der Waals surface area contributed by atoms with Crippen molar-refractivity contribution in [2.45, 2.75) is 47.7 Å². The monoisotopic (exact) mass is 372 g/mol. The molecule has 0 radical (unpaired) electrons. The van der Waals surface area contributed by atoms with Crippen molar-refractivity contribution in [3.63, 3.8) is 0 Å². The first kappa shape index (κ1) is 18.7. The zero-order valence-electron chi connectivity index (χ0n) is 13.4. The number of thioether (sulfide) groups is 2. The fourth-order valence-electron chi connectivity index (χ4n) is 1.74. The van der Waals surface area contributed by atoms with E-state index in [1.54, 1.807) is 31.2 Å². The summed E-state index contributed by atoms with van der Waals surface area (Å²) in [5.74, 6) is -1.65. The molecular formula is C15H18F2N4OS2. The second-order valence-corrected chi connectivity index (χ2v) is 7.68. The number of carbonyl (C=O) groups excluding carboxylic acids is 1. The number of nitrogens with one attached hydrogen (secondary N) is 2. The quantitative estimate of drug-likeness (QED) is 0.707. The van der Waals surface area contributed by atoms with Gasteiger partial charge < -0.3 is 5.32 Å². The molecule has 0 aliphatic rings. The van der Waals surface area contributed by atoms with Gasteiger partial charge in [0.25, 0.3) is 5.76 Å². The number of H-pyrrole nitrogens is 1. The van der Waals surface area contributed by atoms with Crippen LogP contribution in [0.1, 0.15) is 32.5 Å². The van der Waals surface area contributed by atoms with Gasteiger partial charge >= 0.3 is 0 Å². The van der Waals surface area contributed by atoms with Crippen molar-refractivity contribution in [3.8, 4) is 0 Å². The van der Waals surface area contributed by atoms with Crippen LogP contribution in [0.4, 0.5) is 14.5 Å². The minimum Gasteiger partial charge on any atom is -0.325 e. The molecular weight excluding hydrogens is 354 g/mol. The summed E-state index contributed by atoms with van der Waals surface area (Å²) in [4.78, 5) is 17.0. The average molecular weight is 372 g/mol. The maximum Gasteiger partial charge on any atom is 0.288 e. The van der Waals surface area contributed by atoms with Gasteiger partial charge in [0.2, 0.25) is 11.1 Å². The summed E-state index contributed by atoms with van der Waals surface area (Å²) in [6, 6.07) is 6.30. The van der Waals surface area contributed by atoms with Crippen molar-refractivity contribution in [1.82, 2.24) is 15.2 Å². The molecule has 0 aliphatic carbocycles. The Labute approximate surface area is 147 Å². The fourth-order valence-corrected chi connectivity index (χ4v) is 2.97. The van der Waals surface area contributed by atoms with Gasteiger partial charge in [0.15, 0.2) is 0 Å². The van der Waals surface area contributed by atoms with Crippen molar-refractivity contribution >= 4 is 35.1 Å². The van der Waals surface area contributed by atoms with E-state index in [0.717, 1.165) is 5.82 Å². The van der Waals surface area contributed by atoms with Crippen LogP contribution in [0.25, 0.3) is 0 Å². The Kier molecular flexibility index (Phi) is 6.61. The van der Waals surface area contributed by atoms with Crippen molar-refractivity contribution in [3.05, 3.63) is 30.1 Å². The van der Waals surface area contributed by atoms with Crippen LogP contribution in [-0.2, 0) is 4.79 Å². The number of benzene rings is 1. The number of hydrogen-bond donors (Lipinski definition) is 2. The van der Waals surface area contributed by atoms with E-state index in [1.807, 2.05) is 13.8 Å². The van der Waals surface area contributed by atoms with Crippen molar-refractivity contribution in [1.29, 1.82) is 0 Å². The Morgan fingerprint density at radius 3 is 2.38 bits per heavy atom. The van der Waals surface area contributed by atoms with Gasteiger partial charge in [-0.3, -0.25) is 9.89 Å². The molecule has 2 N–H and O–H groups in total. The SMILES string of the molecule is CC(Sc1n[nH]c(C(C)C)n1)C(=O)Nc1ccc(SC(F)F)cc1. The Bertz CT molecular complexity index is 676. The number of nitrogens with zero attached hydrogens (tertiary/aromatic N) is 2. The number of alkyl halides is 2. The van der Waals surface area contributed by atoms with E-state index in [-0.39, 0.29) is 11.8 Å². The Balaban J connectivity index is 1.90. The number of aromatic amines is 1. The number of carbonyl (C=O) groups is 1. The van der Waals surface area contributed by atoms with E-state index in [4.69, 9.17) is 0 Å². The van der Waals surface area contributed by atoms with Crippen molar-refractivity contribution in [2.24, 2.45) is 0 Å². The lowest BCUT2D eigenvalue weighted by molar-refractivity contribution is -0.115. The van der Waals surface area contributed by atoms with E-state index in [9.17, 15) is 13.6 Å². The number of aromatic nitrogens is 3. The van der Waals surface area contributed by atoms with E-state index in [0.29, 0.717) is 27.5 Å². The van der Waals surface area contributed by atoms with Crippen LogP contribution in [0.5, 0.6) is 0 Å². The highest BCUT2D eigenvalue weighted by Crippen LogP contribution is 2.27. The third kappa shape index (κ3) is 5.48. The summed E-state index contributed by atoms with van der Waals surface area (Å²) in [6.07, 6.45) is 0. The first-order chi connectivity index (χ1) is 11.3. The Morgan fingerprint density at radius 1 is 1.17 bits per heavy atom. The van der Waals surface area contributed by atoms with Crippen LogP contribution in [0.2, 0.25) is 0 Å². The molecule has 9 heteroatoms. The summed E-state index contributed by atoms with van der Waals surface area (Å²) in [7, 11) is 0. The Hall–Kier alpha value is -1.61. The molecule has 130 valence electrons. The van der Waals surface area contributed by atoms with Crippen LogP contribution in [0, 0.1) is 0 Å².